The van der Waals surface area contributed by atoms with Crippen LogP contribution in [-0.4, -0.2) is 25.8 Å². The zero-order valence-electron chi connectivity index (χ0n) is 12.5. The van der Waals surface area contributed by atoms with E-state index in [0.29, 0.717) is 19.5 Å². The van der Waals surface area contributed by atoms with Gasteiger partial charge in [0.25, 0.3) is 0 Å². The molecule has 0 aliphatic carbocycles. The maximum absolute atomic E-state index is 13.0. The molecule has 2 rings (SSSR count). The Morgan fingerprint density at radius 3 is 2.35 bits per heavy atom. The van der Waals surface area contributed by atoms with Crippen molar-refractivity contribution in [3.8, 4) is 0 Å². The van der Waals surface area contributed by atoms with Crippen LogP contribution < -0.4 is 5.73 Å². The summed E-state index contributed by atoms with van der Waals surface area (Å²) in [5.74, 6) is 0. The van der Waals surface area contributed by atoms with E-state index in [4.69, 9.17) is 28.9 Å². The Labute approximate surface area is 146 Å². The molecule has 0 aliphatic heterocycles. The highest BCUT2D eigenvalue weighted by molar-refractivity contribution is 7.89. The van der Waals surface area contributed by atoms with Crippen molar-refractivity contribution in [1.82, 2.24) is 4.31 Å². The van der Waals surface area contributed by atoms with Gasteiger partial charge < -0.3 is 5.73 Å². The molecule has 124 valence electrons. The lowest BCUT2D eigenvalue weighted by Gasteiger charge is -2.23. The number of nitrogens with zero attached hydrogens (tertiary/aromatic N) is 1. The standard InChI is InChI=1S/C16H18Cl2N2O2S/c17-14-8-4-9-15(16(14)18)23(21,22)20(11-5-10-19)12-13-6-2-1-3-7-13/h1-4,6-9H,5,10-12,19H2. The van der Waals surface area contributed by atoms with Gasteiger partial charge in [0.2, 0.25) is 10.0 Å². The Balaban J connectivity index is 2.38. The highest BCUT2D eigenvalue weighted by Crippen LogP contribution is 2.31. The summed E-state index contributed by atoms with van der Waals surface area (Å²) in [7, 11) is -3.76. The molecule has 0 saturated heterocycles. The quantitative estimate of drug-likeness (QED) is 0.808. The predicted octanol–water partition coefficient (Wildman–Crippen LogP) is 3.53. The topological polar surface area (TPSA) is 63.4 Å². The summed E-state index contributed by atoms with van der Waals surface area (Å²) < 4.78 is 27.3. The molecule has 0 unspecified atom stereocenters. The van der Waals surface area contributed by atoms with Crippen molar-refractivity contribution >= 4 is 33.2 Å². The van der Waals surface area contributed by atoms with Gasteiger partial charge in [0.05, 0.1) is 10.0 Å². The van der Waals surface area contributed by atoms with E-state index in [0.717, 1.165) is 5.56 Å². The lowest BCUT2D eigenvalue weighted by Crippen LogP contribution is -2.32. The molecular formula is C16H18Cl2N2O2S. The van der Waals surface area contributed by atoms with Gasteiger partial charge in [0, 0.05) is 13.1 Å². The zero-order valence-corrected chi connectivity index (χ0v) is 14.8. The Kier molecular flexibility index (Phi) is 6.44. The molecule has 0 aliphatic rings. The second-order valence-electron chi connectivity index (χ2n) is 5.02. The van der Waals surface area contributed by atoms with Gasteiger partial charge in [-0.2, -0.15) is 4.31 Å². The molecule has 2 aromatic rings. The van der Waals surface area contributed by atoms with E-state index < -0.39 is 10.0 Å². The fourth-order valence-corrected chi connectivity index (χ4v) is 4.36. The number of rotatable bonds is 7. The van der Waals surface area contributed by atoms with Crippen molar-refractivity contribution in [3.05, 3.63) is 64.1 Å². The van der Waals surface area contributed by atoms with Crippen LogP contribution in [0.15, 0.2) is 53.4 Å². The van der Waals surface area contributed by atoms with Crippen LogP contribution in [-0.2, 0) is 16.6 Å². The second-order valence-corrected chi connectivity index (χ2v) is 7.71. The van der Waals surface area contributed by atoms with Crippen molar-refractivity contribution in [3.63, 3.8) is 0 Å². The smallest absolute Gasteiger partial charge is 0.244 e. The third-order valence-electron chi connectivity index (χ3n) is 3.35. The molecule has 0 atom stereocenters. The van der Waals surface area contributed by atoms with Gasteiger partial charge in [0.1, 0.15) is 4.90 Å². The molecule has 0 fully saturated rings. The number of hydrogen-bond acceptors (Lipinski definition) is 3. The Bertz CT molecular complexity index is 752. The predicted molar refractivity (Wildman–Crippen MR) is 94.2 cm³/mol. The van der Waals surface area contributed by atoms with Crippen molar-refractivity contribution in [2.45, 2.75) is 17.9 Å². The van der Waals surface area contributed by atoms with Crippen LogP contribution in [0.25, 0.3) is 0 Å². The van der Waals surface area contributed by atoms with E-state index >= 15 is 0 Å². The van der Waals surface area contributed by atoms with Gasteiger partial charge in [-0.25, -0.2) is 8.42 Å². The molecule has 2 aromatic carbocycles. The fourth-order valence-electron chi connectivity index (χ4n) is 2.16. The van der Waals surface area contributed by atoms with Crippen LogP contribution in [0.2, 0.25) is 10.0 Å². The van der Waals surface area contributed by atoms with Crippen LogP contribution >= 0.6 is 23.2 Å². The molecule has 0 spiro atoms. The summed E-state index contributed by atoms with van der Waals surface area (Å²) in [4.78, 5) is 0.0135. The molecule has 0 aromatic heterocycles. The summed E-state index contributed by atoms with van der Waals surface area (Å²) in [5, 5.41) is 0.256. The first-order chi connectivity index (χ1) is 11.0. The summed E-state index contributed by atoms with van der Waals surface area (Å²) >= 11 is 12.1. The number of sulfonamides is 1. The van der Waals surface area contributed by atoms with Crippen LogP contribution in [0, 0.1) is 0 Å². The van der Waals surface area contributed by atoms with Gasteiger partial charge in [0.15, 0.2) is 0 Å². The lowest BCUT2D eigenvalue weighted by atomic mass is 10.2. The van der Waals surface area contributed by atoms with Gasteiger partial charge in [-0.05, 0) is 30.7 Å². The number of hydrogen-bond donors (Lipinski definition) is 1. The Morgan fingerprint density at radius 1 is 1.00 bits per heavy atom. The zero-order chi connectivity index (χ0) is 16.9. The number of nitrogens with two attached hydrogens (primary N) is 1. The molecule has 0 bridgehead atoms. The Hall–Kier alpha value is -1.11. The maximum atomic E-state index is 13.0. The summed E-state index contributed by atoms with van der Waals surface area (Å²) in [6.07, 6.45) is 0.560. The minimum Gasteiger partial charge on any atom is -0.330 e. The van der Waals surface area contributed by atoms with Crippen molar-refractivity contribution in [1.29, 1.82) is 0 Å². The first-order valence-electron chi connectivity index (χ1n) is 7.15. The minimum absolute atomic E-state index is 0.0135. The lowest BCUT2D eigenvalue weighted by molar-refractivity contribution is 0.402. The third-order valence-corrected chi connectivity index (χ3v) is 6.17. The molecule has 0 saturated carbocycles. The average Bonchev–Trinajstić information content (AvgIpc) is 2.54. The highest BCUT2D eigenvalue weighted by atomic mass is 35.5. The third kappa shape index (κ3) is 4.46. The van der Waals surface area contributed by atoms with E-state index in [1.807, 2.05) is 30.3 Å². The van der Waals surface area contributed by atoms with Crippen LogP contribution in [0.1, 0.15) is 12.0 Å². The molecule has 2 N–H and O–H groups in total. The second kappa shape index (κ2) is 8.13. The molecule has 4 nitrogen and oxygen atoms in total. The van der Waals surface area contributed by atoms with Crippen LogP contribution in [0.5, 0.6) is 0 Å². The minimum atomic E-state index is -3.76. The van der Waals surface area contributed by atoms with E-state index in [-0.39, 0.29) is 21.5 Å². The summed E-state index contributed by atoms with van der Waals surface area (Å²) in [5.41, 5.74) is 6.43. The molecule has 0 amide bonds. The Morgan fingerprint density at radius 2 is 1.70 bits per heavy atom. The number of benzene rings is 2. The van der Waals surface area contributed by atoms with Gasteiger partial charge in [-0.15, -0.1) is 0 Å². The van der Waals surface area contributed by atoms with E-state index in [2.05, 4.69) is 0 Å². The summed E-state index contributed by atoms with van der Waals surface area (Å²) in [6.45, 7) is 0.979. The maximum Gasteiger partial charge on any atom is 0.244 e. The molecule has 0 radical (unpaired) electrons. The average molecular weight is 373 g/mol. The number of halogens is 2. The van der Waals surface area contributed by atoms with Gasteiger partial charge in [-0.3, -0.25) is 0 Å². The van der Waals surface area contributed by atoms with Crippen molar-refractivity contribution < 1.29 is 8.42 Å². The largest absolute Gasteiger partial charge is 0.330 e. The van der Waals surface area contributed by atoms with Crippen LogP contribution in [0.4, 0.5) is 0 Å². The van der Waals surface area contributed by atoms with Crippen molar-refractivity contribution in [2.24, 2.45) is 5.73 Å². The first-order valence-corrected chi connectivity index (χ1v) is 9.34. The fraction of sp³-hybridized carbons (Fsp3) is 0.250. The monoisotopic (exact) mass is 372 g/mol. The summed E-state index contributed by atoms with van der Waals surface area (Å²) in [6, 6.07) is 14.0. The molecule has 7 heteroatoms. The SMILES string of the molecule is NCCCN(Cc1ccccc1)S(=O)(=O)c1cccc(Cl)c1Cl. The first kappa shape index (κ1) is 18.2. The van der Waals surface area contributed by atoms with Crippen LogP contribution in [0.3, 0.4) is 0 Å². The van der Waals surface area contributed by atoms with Gasteiger partial charge >= 0.3 is 0 Å². The van der Waals surface area contributed by atoms with E-state index in [1.165, 1.54) is 10.4 Å². The molecule has 23 heavy (non-hydrogen) atoms. The van der Waals surface area contributed by atoms with E-state index in [9.17, 15) is 8.42 Å². The molecule has 0 heterocycles. The highest BCUT2D eigenvalue weighted by Gasteiger charge is 2.27. The normalized spacial score (nSPS) is 11.8. The van der Waals surface area contributed by atoms with Crippen molar-refractivity contribution in [2.75, 3.05) is 13.1 Å². The van der Waals surface area contributed by atoms with E-state index in [1.54, 1.807) is 12.1 Å². The molecular weight excluding hydrogens is 355 g/mol. The van der Waals surface area contributed by atoms with Gasteiger partial charge in [-0.1, -0.05) is 59.6 Å².